The van der Waals surface area contributed by atoms with Gasteiger partial charge < -0.3 is 14.6 Å². The number of aromatic nitrogens is 2. The molecule has 0 aliphatic rings. The fourth-order valence-corrected chi connectivity index (χ4v) is 3.70. The van der Waals surface area contributed by atoms with Crippen LogP contribution >= 0.6 is 11.3 Å². The van der Waals surface area contributed by atoms with E-state index in [1.807, 2.05) is 38.9 Å². The van der Waals surface area contributed by atoms with E-state index in [1.165, 1.54) is 11.3 Å². The third kappa shape index (κ3) is 3.35. The lowest BCUT2D eigenvalue weighted by atomic mass is 10.2. The van der Waals surface area contributed by atoms with Crippen molar-refractivity contribution in [1.82, 2.24) is 9.97 Å². The van der Waals surface area contributed by atoms with Gasteiger partial charge in [0.15, 0.2) is 11.9 Å². The molecule has 6 nitrogen and oxygen atoms in total. The van der Waals surface area contributed by atoms with E-state index in [-0.39, 0.29) is 5.56 Å². The van der Waals surface area contributed by atoms with Crippen molar-refractivity contribution < 1.29 is 9.53 Å². The Morgan fingerprint density at radius 3 is 2.73 bits per heavy atom. The smallest absolute Gasteiger partial charge is 0.338 e. The second-order valence-corrected chi connectivity index (χ2v) is 7.61. The number of esters is 1. The first-order valence-corrected chi connectivity index (χ1v) is 9.08. The molecule has 7 heteroatoms. The standard InChI is InChI=1S/C19H21N3O3S/c1-10-12(3)26-18-15(10)17(23)20-16(21-18)11(2)25-19(24)13-7-6-8-14(9-13)22(4)5/h6-9,11H,1-5H3,(H,20,21,23)/t11-/m0/s1. The topological polar surface area (TPSA) is 75.3 Å². The Kier molecular flexibility index (Phi) is 4.82. The highest BCUT2D eigenvalue weighted by Gasteiger charge is 2.19. The highest BCUT2D eigenvalue weighted by atomic mass is 32.1. The Morgan fingerprint density at radius 1 is 1.31 bits per heavy atom. The van der Waals surface area contributed by atoms with E-state index in [1.54, 1.807) is 25.1 Å². The largest absolute Gasteiger partial charge is 0.451 e. The summed E-state index contributed by atoms with van der Waals surface area (Å²) in [6.45, 7) is 5.57. The van der Waals surface area contributed by atoms with Gasteiger partial charge in [-0.1, -0.05) is 6.07 Å². The Bertz CT molecular complexity index is 1040. The normalized spacial score (nSPS) is 12.2. The number of carbonyl (C=O) groups is 1. The average molecular weight is 371 g/mol. The van der Waals surface area contributed by atoms with Crippen LogP contribution in [0.25, 0.3) is 10.2 Å². The molecule has 0 saturated heterocycles. The highest BCUT2D eigenvalue weighted by Crippen LogP contribution is 2.27. The van der Waals surface area contributed by atoms with Gasteiger partial charge in [-0.15, -0.1) is 11.3 Å². The number of hydrogen-bond acceptors (Lipinski definition) is 6. The van der Waals surface area contributed by atoms with E-state index < -0.39 is 12.1 Å². The Labute approximate surface area is 155 Å². The average Bonchev–Trinajstić information content (AvgIpc) is 2.89. The molecule has 2 aromatic heterocycles. The van der Waals surface area contributed by atoms with Crippen molar-refractivity contribution >= 4 is 33.2 Å². The second kappa shape index (κ2) is 6.92. The predicted octanol–water partition coefficient (Wildman–Crippen LogP) is 3.59. The molecule has 0 spiro atoms. The maximum absolute atomic E-state index is 12.5. The first-order chi connectivity index (χ1) is 12.3. The van der Waals surface area contributed by atoms with Crippen LogP contribution in [0.15, 0.2) is 29.1 Å². The quantitative estimate of drug-likeness (QED) is 0.710. The molecular formula is C19H21N3O3S. The van der Waals surface area contributed by atoms with Gasteiger partial charge in [-0.25, -0.2) is 9.78 Å². The van der Waals surface area contributed by atoms with E-state index in [4.69, 9.17) is 4.74 Å². The minimum atomic E-state index is -0.662. The number of hydrogen-bond donors (Lipinski definition) is 1. The minimum Gasteiger partial charge on any atom is -0.451 e. The minimum absolute atomic E-state index is 0.204. The van der Waals surface area contributed by atoms with Crippen molar-refractivity contribution in [3.05, 3.63) is 56.4 Å². The van der Waals surface area contributed by atoms with E-state index >= 15 is 0 Å². The summed E-state index contributed by atoms with van der Waals surface area (Å²) in [5.74, 6) is -0.108. The lowest BCUT2D eigenvalue weighted by Gasteiger charge is -2.15. The first-order valence-electron chi connectivity index (χ1n) is 8.26. The van der Waals surface area contributed by atoms with Crippen molar-refractivity contribution in [3.8, 4) is 0 Å². The summed E-state index contributed by atoms with van der Waals surface area (Å²) in [4.78, 5) is 35.7. The molecule has 0 saturated carbocycles. The zero-order valence-corrected chi connectivity index (χ0v) is 16.2. The second-order valence-electron chi connectivity index (χ2n) is 6.41. The van der Waals surface area contributed by atoms with Gasteiger partial charge >= 0.3 is 5.97 Å². The van der Waals surface area contributed by atoms with E-state index in [0.29, 0.717) is 21.6 Å². The number of aryl methyl sites for hydroxylation is 2. The summed E-state index contributed by atoms with van der Waals surface area (Å²) >= 11 is 1.47. The summed E-state index contributed by atoms with van der Waals surface area (Å²) in [5, 5.41) is 0.605. The molecule has 3 aromatic rings. The van der Waals surface area contributed by atoms with E-state index in [9.17, 15) is 9.59 Å². The third-order valence-electron chi connectivity index (χ3n) is 4.32. The van der Waals surface area contributed by atoms with Crippen LogP contribution in [0.5, 0.6) is 0 Å². The monoisotopic (exact) mass is 371 g/mol. The fraction of sp³-hybridized carbons (Fsp3) is 0.316. The molecule has 0 unspecified atom stereocenters. The van der Waals surface area contributed by atoms with Crippen molar-refractivity contribution in [2.24, 2.45) is 0 Å². The molecule has 0 aliphatic heterocycles. The number of benzene rings is 1. The number of nitrogens with one attached hydrogen (secondary N) is 1. The molecule has 1 N–H and O–H groups in total. The van der Waals surface area contributed by atoms with E-state index in [2.05, 4.69) is 9.97 Å². The van der Waals surface area contributed by atoms with Gasteiger partial charge in [-0.2, -0.15) is 0 Å². The zero-order valence-electron chi connectivity index (χ0n) is 15.4. The van der Waals surface area contributed by atoms with Crippen molar-refractivity contribution in [2.45, 2.75) is 26.9 Å². The zero-order chi connectivity index (χ0) is 19.0. The third-order valence-corrected chi connectivity index (χ3v) is 5.43. The van der Waals surface area contributed by atoms with Gasteiger partial charge in [-0.3, -0.25) is 4.79 Å². The Hall–Kier alpha value is -2.67. The number of thiophene rings is 1. The first kappa shape index (κ1) is 18.1. The molecule has 3 rings (SSSR count). The predicted molar refractivity (Wildman–Crippen MR) is 104 cm³/mol. The summed E-state index contributed by atoms with van der Waals surface area (Å²) in [7, 11) is 3.81. The maximum atomic E-state index is 12.5. The van der Waals surface area contributed by atoms with Crippen molar-refractivity contribution in [1.29, 1.82) is 0 Å². The van der Waals surface area contributed by atoms with Gasteiger partial charge in [0.25, 0.3) is 5.56 Å². The number of nitrogens with zero attached hydrogens (tertiary/aromatic N) is 2. The molecular weight excluding hydrogens is 350 g/mol. The molecule has 1 atom stereocenters. The number of carbonyl (C=O) groups excluding carboxylic acids is 1. The molecule has 136 valence electrons. The van der Waals surface area contributed by atoms with E-state index in [0.717, 1.165) is 16.1 Å². The lowest BCUT2D eigenvalue weighted by Crippen LogP contribution is -2.17. The number of aromatic amines is 1. The van der Waals surface area contributed by atoms with Crippen LogP contribution in [0.4, 0.5) is 5.69 Å². The molecule has 0 amide bonds. The fourth-order valence-electron chi connectivity index (χ4n) is 2.66. The SMILES string of the molecule is Cc1sc2nc([C@H](C)OC(=O)c3cccc(N(C)C)c3)[nH]c(=O)c2c1C. The van der Waals surface area contributed by atoms with Gasteiger partial charge in [-0.05, 0) is 44.5 Å². The number of fused-ring (bicyclic) bond motifs is 1. The molecule has 1 aromatic carbocycles. The maximum Gasteiger partial charge on any atom is 0.338 e. The number of anilines is 1. The van der Waals surface area contributed by atoms with Crippen LogP contribution in [-0.2, 0) is 4.74 Å². The van der Waals surface area contributed by atoms with Crippen LogP contribution in [0, 0.1) is 13.8 Å². The van der Waals surface area contributed by atoms with Gasteiger partial charge in [0.2, 0.25) is 0 Å². The molecule has 2 heterocycles. The van der Waals surface area contributed by atoms with Crippen molar-refractivity contribution in [3.63, 3.8) is 0 Å². The number of ether oxygens (including phenoxy) is 1. The Morgan fingerprint density at radius 2 is 2.04 bits per heavy atom. The Balaban J connectivity index is 1.87. The summed E-state index contributed by atoms with van der Waals surface area (Å²) in [6.07, 6.45) is -0.662. The van der Waals surface area contributed by atoms with Crippen molar-refractivity contribution in [2.75, 3.05) is 19.0 Å². The molecule has 0 bridgehead atoms. The molecule has 0 radical (unpaired) electrons. The van der Waals surface area contributed by atoms with Crippen LogP contribution < -0.4 is 10.5 Å². The lowest BCUT2D eigenvalue weighted by molar-refractivity contribution is 0.0320. The van der Waals surface area contributed by atoms with Gasteiger partial charge in [0.05, 0.1) is 10.9 Å². The summed E-state index contributed by atoms with van der Waals surface area (Å²) in [5.41, 5.74) is 2.10. The molecule has 0 fully saturated rings. The van der Waals surface area contributed by atoms with Crippen LogP contribution in [0.2, 0.25) is 0 Å². The summed E-state index contributed by atoms with van der Waals surface area (Å²) < 4.78 is 5.51. The summed E-state index contributed by atoms with van der Waals surface area (Å²) in [6, 6.07) is 7.18. The van der Waals surface area contributed by atoms with Gasteiger partial charge in [0.1, 0.15) is 4.83 Å². The van der Waals surface area contributed by atoms with Crippen LogP contribution in [0.1, 0.15) is 39.7 Å². The molecule has 0 aliphatic carbocycles. The molecule has 26 heavy (non-hydrogen) atoms. The number of rotatable bonds is 4. The van der Waals surface area contributed by atoms with Crippen LogP contribution in [0.3, 0.4) is 0 Å². The van der Waals surface area contributed by atoms with Crippen LogP contribution in [-0.4, -0.2) is 30.0 Å². The van der Waals surface area contributed by atoms with Gasteiger partial charge in [0, 0.05) is 24.7 Å². The number of H-pyrrole nitrogens is 1. The highest BCUT2D eigenvalue weighted by molar-refractivity contribution is 7.18.